The molecule has 0 saturated heterocycles. The summed E-state index contributed by atoms with van der Waals surface area (Å²) >= 11 is 1.68. The lowest BCUT2D eigenvalue weighted by atomic mass is 10.0. The predicted octanol–water partition coefficient (Wildman–Crippen LogP) is 2.61. The van der Waals surface area contributed by atoms with Gasteiger partial charge in [-0.25, -0.2) is 0 Å². The number of hydrogen-bond acceptors (Lipinski definition) is 3. The molecular weight excluding hydrogens is 244 g/mol. The summed E-state index contributed by atoms with van der Waals surface area (Å²) in [5.74, 6) is 0.587. The van der Waals surface area contributed by atoms with Crippen molar-refractivity contribution in [3.05, 3.63) is 22.4 Å². The molecule has 0 radical (unpaired) electrons. The SMILES string of the molecule is CC(C)C[C@@H](N)C(=O)N(Cc1ccsc1)C1CC1. The van der Waals surface area contributed by atoms with Gasteiger partial charge in [0.15, 0.2) is 0 Å². The molecule has 1 aliphatic carbocycles. The third kappa shape index (κ3) is 3.56. The highest BCUT2D eigenvalue weighted by Gasteiger charge is 2.34. The Hall–Kier alpha value is -0.870. The van der Waals surface area contributed by atoms with Gasteiger partial charge in [0.1, 0.15) is 0 Å². The van der Waals surface area contributed by atoms with Crippen LogP contribution in [0, 0.1) is 5.92 Å². The fraction of sp³-hybridized carbons (Fsp3) is 0.643. The molecule has 1 fully saturated rings. The Kier molecular flexibility index (Phi) is 4.40. The fourth-order valence-electron chi connectivity index (χ4n) is 2.17. The molecule has 1 aliphatic rings. The number of hydrogen-bond donors (Lipinski definition) is 1. The maximum Gasteiger partial charge on any atom is 0.240 e. The summed E-state index contributed by atoms with van der Waals surface area (Å²) in [6, 6.07) is 2.17. The van der Waals surface area contributed by atoms with Gasteiger partial charge in [-0.05, 0) is 47.6 Å². The van der Waals surface area contributed by atoms with Crippen LogP contribution < -0.4 is 5.73 Å². The van der Waals surface area contributed by atoms with Crippen molar-refractivity contribution in [2.75, 3.05) is 0 Å². The van der Waals surface area contributed by atoms with Crippen molar-refractivity contribution < 1.29 is 4.79 Å². The lowest BCUT2D eigenvalue weighted by molar-refractivity contribution is -0.134. The van der Waals surface area contributed by atoms with Crippen LogP contribution in [0.2, 0.25) is 0 Å². The normalized spacial score (nSPS) is 16.9. The molecule has 1 saturated carbocycles. The molecule has 1 aromatic heterocycles. The summed E-state index contributed by atoms with van der Waals surface area (Å²) in [6.07, 6.45) is 3.03. The number of thiophene rings is 1. The second kappa shape index (κ2) is 5.85. The van der Waals surface area contributed by atoms with Crippen LogP contribution in [0.25, 0.3) is 0 Å². The summed E-state index contributed by atoms with van der Waals surface area (Å²) in [5, 5.41) is 4.16. The van der Waals surface area contributed by atoms with Gasteiger partial charge in [0.05, 0.1) is 6.04 Å². The monoisotopic (exact) mass is 266 g/mol. The zero-order valence-electron chi connectivity index (χ0n) is 11.1. The first kappa shape index (κ1) is 13.6. The quantitative estimate of drug-likeness (QED) is 0.860. The van der Waals surface area contributed by atoms with Crippen molar-refractivity contribution in [2.24, 2.45) is 11.7 Å². The molecule has 100 valence electrons. The number of nitrogens with two attached hydrogens (primary N) is 1. The van der Waals surface area contributed by atoms with Gasteiger partial charge in [-0.15, -0.1) is 0 Å². The summed E-state index contributed by atoms with van der Waals surface area (Å²) in [4.78, 5) is 14.4. The molecule has 2 N–H and O–H groups in total. The van der Waals surface area contributed by atoms with Gasteiger partial charge in [-0.2, -0.15) is 11.3 Å². The average molecular weight is 266 g/mol. The van der Waals surface area contributed by atoms with E-state index in [9.17, 15) is 4.79 Å². The van der Waals surface area contributed by atoms with Crippen molar-refractivity contribution in [1.29, 1.82) is 0 Å². The maximum atomic E-state index is 12.4. The predicted molar refractivity (Wildman–Crippen MR) is 75.3 cm³/mol. The molecule has 0 aromatic carbocycles. The Balaban J connectivity index is 1.98. The van der Waals surface area contributed by atoms with Crippen molar-refractivity contribution in [2.45, 2.75) is 51.7 Å². The molecule has 18 heavy (non-hydrogen) atoms. The second-order valence-electron chi connectivity index (χ2n) is 5.56. The van der Waals surface area contributed by atoms with Gasteiger partial charge in [0.25, 0.3) is 0 Å². The van der Waals surface area contributed by atoms with E-state index in [1.54, 1.807) is 11.3 Å². The molecule has 1 heterocycles. The van der Waals surface area contributed by atoms with Crippen molar-refractivity contribution >= 4 is 17.2 Å². The van der Waals surface area contributed by atoms with E-state index < -0.39 is 0 Å². The summed E-state index contributed by atoms with van der Waals surface area (Å²) in [5.41, 5.74) is 7.24. The van der Waals surface area contributed by atoms with E-state index in [0.717, 1.165) is 25.8 Å². The van der Waals surface area contributed by atoms with Crippen molar-refractivity contribution in [3.63, 3.8) is 0 Å². The minimum absolute atomic E-state index is 0.123. The van der Waals surface area contributed by atoms with E-state index in [2.05, 4.69) is 30.7 Å². The summed E-state index contributed by atoms with van der Waals surface area (Å²) in [7, 11) is 0. The van der Waals surface area contributed by atoms with Crippen molar-refractivity contribution in [1.82, 2.24) is 4.90 Å². The Labute approximate surface area is 113 Å². The number of carbonyl (C=O) groups excluding carboxylic acids is 1. The minimum Gasteiger partial charge on any atom is -0.334 e. The zero-order valence-corrected chi connectivity index (χ0v) is 12.0. The van der Waals surface area contributed by atoms with Crippen LogP contribution in [0.5, 0.6) is 0 Å². The van der Waals surface area contributed by atoms with Gasteiger partial charge >= 0.3 is 0 Å². The average Bonchev–Trinajstić information content (AvgIpc) is 3.02. The molecule has 1 amide bonds. The molecule has 1 atom stereocenters. The maximum absolute atomic E-state index is 12.4. The number of amides is 1. The van der Waals surface area contributed by atoms with E-state index in [1.807, 2.05) is 4.90 Å². The summed E-state index contributed by atoms with van der Waals surface area (Å²) < 4.78 is 0. The van der Waals surface area contributed by atoms with E-state index in [1.165, 1.54) is 5.56 Å². The summed E-state index contributed by atoms with van der Waals surface area (Å²) in [6.45, 7) is 4.93. The van der Waals surface area contributed by atoms with E-state index in [0.29, 0.717) is 12.0 Å². The van der Waals surface area contributed by atoms with Gasteiger partial charge in [-0.1, -0.05) is 13.8 Å². The number of carbonyl (C=O) groups is 1. The molecule has 1 aromatic rings. The second-order valence-corrected chi connectivity index (χ2v) is 6.34. The first-order chi connectivity index (χ1) is 8.58. The van der Waals surface area contributed by atoms with E-state index in [4.69, 9.17) is 5.73 Å². The Morgan fingerprint density at radius 2 is 2.28 bits per heavy atom. The first-order valence-electron chi connectivity index (χ1n) is 6.65. The smallest absolute Gasteiger partial charge is 0.240 e. The van der Waals surface area contributed by atoms with Gasteiger partial charge in [0.2, 0.25) is 5.91 Å². The third-order valence-corrected chi connectivity index (χ3v) is 3.98. The topological polar surface area (TPSA) is 46.3 Å². The highest BCUT2D eigenvalue weighted by atomic mass is 32.1. The lowest BCUT2D eigenvalue weighted by Crippen LogP contribution is -2.45. The Morgan fingerprint density at radius 1 is 1.56 bits per heavy atom. The van der Waals surface area contributed by atoms with Crippen LogP contribution in [0.4, 0.5) is 0 Å². The van der Waals surface area contributed by atoms with E-state index in [-0.39, 0.29) is 11.9 Å². The third-order valence-electron chi connectivity index (χ3n) is 3.25. The van der Waals surface area contributed by atoms with Crippen LogP contribution in [0.1, 0.15) is 38.7 Å². The fourth-order valence-corrected chi connectivity index (χ4v) is 2.83. The molecule has 0 spiro atoms. The highest BCUT2D eigenvalue weighted by Crippen LogP contribution is 2.29. The zero-order chi connectivity index (χ0) is 13.1. The molecule has 0 unspecified atom stereocenters. The van der Waals surface area contributed by atoms with Crippen LogP contribution in [-0.4, -0.2) is 22.9 Å². The lowest BCUT2D eigenvalue weighted by Gasteiger charge is -2.26. The Morgan fingerprint density at radius 3 is 2.78 bits per heavy atom. The standard InChI is InChI=1S/C14H22N2OS/c1-10(2)7-13(15)14(17)16(12-3-4-12)8-11-5-6-18-9-11/h5-6,9-10,12-13H,3-4,7-8,15H2,1-2H3/t13-/m1/s1. The van der Waals surface area contributed by atoms with Crippen LogP contribution in [0.15, 0.2) is 16.8 Å². The van der Waals surface area contributed by atoms with Crippen LogP contribution >= 0.6 is 11.3 Å². The number of nitrogens with zero attached hydrogens (tertiary/aromatic N) is 1. The molecule has 0 bridgehead atoms. The van der Waals surface area contributed by atoms with Gasteiger partial charge < -0.3 is 10.6 Å². The van der Waals surface area contributed by atoms with Crippen LogP contribution in [0.3, 0.4) is 0 Å². The highest BCUT2D eigenvalue weighted by molar-refractivity contribution is 7.07. The molecule has 3 nitrogen and oxygen atoms in total. The molecule has 2 rings (SSSR count). The minimum atomic E-state index is -0.343. The van der Waals surface area contributed by atoms with Crippen molar-refractivity contribution in [3.8, 4) is 0 Å². The molecule has 4 heteroatoms. The molecule has 0 aliphatic heterocycles. The van der Waals surface area contributed by atoms with Gasteiger partial charge in [0, 0.05) is 12.6 Å². The van der Waals surface area contributed by atoms with Crippen LogP contribution in [-0.2, 0) is 11.3 Å². The van der Waals surface area contributed by atoms with Gasteiger partial charge in [-0.3, -0.25) is 4.79 Å². The van der Waals surface area contributed by atoms with E-state index >= 15 is 0 Å². The number of rotatable bonds is 6. The Bertz CT molecular complexity index is 385. The first-order valence-corrected chi connectivity index (χ1v) is 7.59. The largest absolute Gasteiger partial charge is 0.334 e. The molecular formula is C14H22N2OS.